The molecule has 0 aliphatic heterocycles. The van der Waals surface area contributed by atoms with E-state index in [1.54, 1.807) is 0 Å². The molecular formula is C3H8FNS. The molecule has 0 aliphatic carbocycles. The lowest BCUT2D eigenvalue weighted by Crippen LogP contribution is -2.07. The maximum absolute atomic E-state index is 12.0. The molecular weight excluding hydrogens is 101 g/mol. The second kappa shape index (κ2) is 1.80. The largest absolute Gasteiger partial charge is 0.275 e. The second-order valence-corrected chi connectivity index (χ2v) is 2.69. The third-order valence-electron chi connectivity index (χ3n) is 0.280. The Morgan fingerprint density at radius 1 is 1.67 bits per heavy atom. The fourth-order valence-electron chi connectivity index (χ4n) is 0. The molecule has 0 aromatic carbocycles. The van der Waals surface area contributed by atoms with Crippen molar-refractivity contribution in [3.63, 3.8) is 0 Å². The first-order valence-corrected chi connectivity index (χ1v) is 2.51. The Bertz CT molecular complexity index is 40.5. The van der Waals surface area contributed by atoms with E-state index in [2.05, 4.69) is 0 Å². The minimum absolute atomic E-state index is 0.715. The summed E-state index contributed by atoms with van der Waals surface area (Å²) >= 11 is 0.715. The van der Waals surface area contributed by atoms with Crippen LogP contribution in [0.3, 0.4) is 0 Å². The molecule has 0 aromatic heterocycles. The van der Waals surface area contributed by atoms with Crippen LogP contribution < -0.4 is 5.14 Å². The van der Waals surface area contributed by atoms with Crippen LogP contribution in [0.4, 0.5) is 4.39 Å². The summed E-state index contributed by atoms with van der Waals surface area (Å²) in [5.41, 5.74) is 0. The highest BCUT2D eigenvalue weighted by Crippen LogP contribution is 2.18. The minimum Gasteiger partial charge on any atom is -0.275 e. The van der Waals surface area contributed by atoms with Crippen molar-refractivity contribution in [2.24, 2.45) is 5.14 Å². The molecule has 0 heterocycles. The molecule has 0 fully saturated rings. The molecule has 3 heteroatoms. The minimum atomic E-state index is -1.26. The normalized spacial score (nSPS) is 12.0. The molecule has 0 saturated heterocycles. The van der Waals surface area contributed by atoms with E-state index in [-0.39, 0.29) is 0 Å². The zero-order valence-electron chi connectivity index (χ0n) is 3.86. The van der Waals surface area contributed by atoms with Gasteiger partial charge in [-0.15, -0.1) is 0 Å². The Kier molecular flexibility index (Phi) is 1.87. The molecule has 0 spiro atoms. The first kappa shape index (κ1) is 6.24. The van der Waals surface area contributed by atoms with Crippen LogP contribution in [0.1, 0.15) is 13.8 Å². The van der Waals surface area contributed by atoms with E-state index < -0.39 is 5.00 Å². The number of hydrogen-bond acceptors (Lipinski definition) is 2. The third kappa shape index (κ3) is 4.24. The molecule has 0 aromatic rings. The highest BCUT2D eigenvalue weighted by molar-refractivity contribution is 7.98. The molecule has 0 unspecified atom stereocenters. The van der Waals surface area contributed by atoms with E-state index in [4.69, 9.17) is 5.14 Å². The molecule has 0 bridgehead atoms. The predicted molar refractivity (Wildman–Crippen MR) is 27.0 cm³/mol. The maximum Gasteiger partial charge on any atom is 0.164 e. The van der Waals surface area contributed by atoms with Crippen molar-refractivity contribution in [3.05, 3.63) is 0 Å². The van der Waals surface area contributed by atoms with Gasteiger partial charge in [-0.2, -0.15) is 0 Å². The molecule has 1 nitrogen and oxygen atoms in total. The van der Waals surface area contributed by atoms with Crippen molar-refractivity contribution in [2.45, 2.75) is 18.8 Å². The van der Waals surface area contributed by atoms with Gasteiger partial charge in [-0.05, 0) is 25.8 Å². The van der Waals surface area contributed by atoms with Crippen molar-refractivity contribution in [1.82, 2.24) is 0 Å². The standard InChI is InChI=1S/C3H8FNS/c1-3(2,4)6-5/h5H2,1-2H3. The Hall–Kier alpha value is 0.240. The fourth-order valence-corrected chi connectivity index (χ4v) is 0. The van der Waals surface area contributed by atoms with Crippen LogP contribution in [0, 0.1) is 0 Å². The summed E-state index contributed by atoms with van der Waals surface area (Å²) < 4.78 is 12.0. The summed E-state index contributed by atoms with van der Waals surface area (Å²) in [5.74, 6) is 0. The van der Waals surface area contributed by atoms with E-state index in [1.165, 1.54) is 13.8 Å². The Balaban J connectivity index is 3.17. The molecule has 0 aliphatic rings. The Morgan fingerprint density at radius 3 is 1.83 bits per heavy atom. The van der Waals surface area contributed by atoms with E-state index in [0.29, 0.717) is 11.9 Å². The summed E-state index contributed by atoms with van der Waals surface area (Å²) in [4.78, 5) is 0. The summed E-state index contributed by atoms with van der Waals surface area (Å²) in [6, 6.07) is 0. The highest BCUT2D eigenvalue weighted by Gasteiger charge is 2.11. The maximum atomic E-state index is 12.0. The van der Waals surface area contributed by atoms with Gasteiger partial charge in [-0.25, -0.2) is 4.39 Å². The van der Waals surface area contributed by atoms with Gasteiger partial charge in [0.1, 0.15) is 0 Å². The Morgan fingerprint density at radius 2 is 1.83 bits per heavy atom. The van der Waals surface area contributed by atoms with Crippen LogP contribution >= 0.6 is 11.9 Å². The number of nitrogens with two attached hydrogens (primary N) is 1. The van der Waals surface area contributed by atoms with Gasteiger partial charge in [0.2, 0.25) is 0 Å². The molecule has 0 atom stereocenters. The van der Waals surface area contributed by atoms with Crippen molar-refractivity contribution in [3.8, 4) is 0 Å². The average molecular weight is 109 g/mol. The molecule has 0 amide bonds. The van der Waals surface area contributed by atoms with Crippen molar-refractivity contribution < 1.29 is 4.39 Å². The monoisotopic (exact) mass is 109 g/mol. The van der Waals surface area contributed by atoms with E-state index in [0.717, 1.165) is 0 Å². The average Bonchev–Trinajstić information content (AvgIpc) is 1.35. The molecule has 2 N–H and O–H groups in total. The topological polar surface area (TPSA) is 26.0 Å². The quantitative estimate of drug-likeness (QED) is 0.513. The predicted octanol–water partition coefficient (Wildman–Crippen LogP) is 1.30. The van der Waals surface area contributed by atoms with Gasteiger partial charge in [0.05, 0.1) is 0 Å². The van der Waals surface area contributed by atoms with Gasteiger partial charge in [0.25, 0.3) is 0 Å². The second-order valence-electron chi connectivity index (χ2n) is 1.48. The lowest BCUT2D eigenvalue weighted by Gasteiger charge is -2.05. The van der Waals surface area contributed by atoms with Crippen LogP contribution in [-0.4, -0.2) is 5.00 Å². The smallest absolute Gasteiger partial charge is 0.164 e. The molecule has 0 radical (unpaired) electrons. The number of hydrogen-bond donors (Lipinski definition) is 1. The van der Waals surface area contributed by atoms with Crippen LogP contribution in [0.5, 0.6) is 0 Å². The van der Waals surface area contributed by atoms with Crippen LogP contribution in [0.25, 0.3) is 0 Å². The van der Waals surface area contributed by atoms with Crippen molar-refractivity contribution in [2.75, 3.05) is 0 Å². The molecule has 0 saturated carbocycles. The van der Waals surface area contributed by atoms with E-state index in [9.17, 15) is 4.39 Å². The third-order valence-corrected chi connectivity index (χ3v) is 0.841. The van der Waals surface area contributed by atoms with Gasteiger partial charge < -0.3 is 0 Å². The SMILES string of the molecule is CC(C)(F)SN. The van der Waals surface area contributed by atoms with Gasteiger partial charge in [0.15, 0.2) is 5.00 Å². The molecule has 0 rings (SSSR count). The van der Waals surface area contributed by atoms with Gasteiger partial charge in [0, 0.05) is 0 Å². The molecule has 38 valence electrons. The van der Waals surface area contributed by atoms with Gasteiger partial charge >= 0.3 is 0 Å². The summed E-state index contributed by atoms with van der Waals surface area (Å²) in [6.07, 6.45) is 0. The van der Waals surface area contributed by atoms with Gasteiger partial charge in [-0.3, -0.25) is 5.14 Å². The number of alkyl halides is 1. The van der Waals surface area contributed by atoms with Crippen LogP contribution in [-0.2, 0) is 0 Å². The highest BCUT2D eigenvalue weighted by atomic mass is 32.2. The van der Waals surface area contributed by atoms with Crippen LogP contribution in [0.2, 0.25) is 0 Å². The first-order valence-electron chi connectivity index (χ1n) is 1.63. The summed E-state index contributed by atoms with van der Waals surface area (Å²) in [6.45, 7) is 2.83. The number of halogens is 1. The zero-order chi connectivity index (χ0) is 5.21. The first-order chi connectivity index (χ1) is 2.56. The van der Waals surface area contributed by atoms with Crippen molar-refractivity contribution in [1.29, 1.82) is 0 Å². The number of rotatable bonds is 1. The summed E-state index contributed by atoms with van der Waals surface area (Å²) in [5, 5.41) is 3.58. The Labute approximate surface area is 41.2 Å². The lowest BCUT2D eigenvalue weighted by atomic mass is 10.5. The molecule has 6 heavy (non-hydrogen) atoms. The van der Waals surface area contributed by atoms with Gasteiger partial charge in [-0.1, -0.05) is 0 Å². The van der Waals surface area contributed by atoms with E-state index >= 15 is 0 Å². The lowest BCUT2D eigenvalue weighted by molar-refractivity contribution is 0.346. The fraction of sp³-hybridized carbons (Fsp3) is 1.00. The van der Waals surface area contributed by atoms with E-state index in [1.807, 2.05) is 0 Å². The van der Waals surface area contributed by atoms with Crippen molar-refractivity contribution >= 4 is 11.9 Å². The zero-order valence-corrected chi connectivity index (χ0v) is 4.68. The summed E-state index contributed by atoms with van der Waals surface area (Å²) in [7, 11) is 0. The van der Waals surface area contributed by atoms with Crippen LogP contribution in [0.15, 0.2) is 0 Å².